The number of carbonyl (C=O) groups is 1. The first kappa shape index (κ1) is 13.9. The van der Waals surface area contributed by atoms with Crippen molar-refractivity contribution in [3.63, 3.8) is 0 Å². The van der Waals surface area contributed by atoms with E-state index in [1.165, 1.54) is 19.3 Å². The van der Waals surface area contributed by atoms with Gasteiger partial charge < -0.3 is 10.2 Å². The summed E-state index contributed by atoms with van der Waals surface area (Å²) >= 11 is 0. The highest BCUT2D eigenvalue weighted by Crippen LogP contribution is 2.34. The number of carbonyl (C=O) groups excluding carboxylic acids is 1. The summed E-state index contributed by atoms with van der Waals surface area (Å²) in [5.41, 5.74) is 0.335. The topological polar surface area (TPSA) is 32.3 Å². The fraction of sp³-hybridized carbons (Fsp3) is 0.933. The zero-order valence-electron chi connectivity index (χ0n) is 12.2. The lowest BCUT2D eigenvalue weighted by molar-refractivity contribution is -0.131. The SMILES string of the molecule is CC(C)(C)C1CCC(=O)N(C[C@H]2CCCN2)CC1. The molecule has 0 aromatic heterocycles. The van der Waals surface area contributed by atoms with Crippen LogP contribution in [-0.4, -0.2) is 36.5 Å². The van der Waals surface area contributed by atoms with Crippen LogP contribution in [0, 0.1) is 11.3 Å². The summed E-state index contributed by atoms with van der Waals surface area (Å²) in [7, 11) is 0. The van der Waals surface area contributed by atoms with Crippen LogP contribution < -0.4 is 5.32 Å². The van der Waals surface area contributed by atoms with E-state index in [1.54, 1.807) is 0 Å². The number of hydrogen-bond acceptors (Lipinski definition) is 2. The summed E-state index contributed by atoms with van der Waals surface area (Å²) < 4.78 is 0. The smallest absolute Gasteiger partial charge is 0.222 e. The van der Waals surface area contributed by atoms with E-state index in [0.29, 0.717) is 23.3 Å². The normalized spacial score (nSPS) is 30.6. The molecule has 2 fully saturated rings. The van der Waals surface area contributed by atoms with E-state index in [0.717, 1.165) is 32.5 Å². The van der Waals surface area contributed by atoms with E-state index in [-0.39, 0.29) is 0 Å². The fourth-order valence-corrected chi connectivity index (χ4v) is 3.27. The molecule has 2 aliphatic rings. The zero-order valence-corrected chi connectivity index (χ0v) is 12.2. The molecule has 0 spiro atoms. The molecule has 2 aliphatic heterocycles. The van der Waals surface area contributed by atoms with Gasteiger partial charge in [0.1, 0.15) is 0 Å². The fourth-order valence-electron chi connectivity index (χ4n) is 3.27. The van der Waals surface area contributed by atoms with Crippen molar-refractivity contribution in [2.45, 2.75) is 58.9 Å². The Kier molecular flexibility index (Phi) is 4.31. The van der Waals surface area contributed by atoms with Gasteiger partial charge in [-0.1, -0.05) is 20.8 Å². The molecule has 2 saturated heterocycles. The molecule has 0 aromatic carbocycles. The van der Waals surface area contributed by atoms with Crippen LogP contribution in [0.5, 0.6) is 0 Å². The van der Waals surface area contributed by atoms with Crippen molar-refractivity contribution < 1.29 is 4.79 Å². The van der Waals surface area contributed by atoms with Crippen molar-refractivity contribution in [2.75, 3.05) is 19.6 Å². The van der Waals surface area contributed by atoms with Gasteiger partial charge in [-0.25, -0.2) is 0 Å². The Morgan fingerprint density at radius 1 is 1.28 bits per heavy atom. The molecule has 0 saturated carbocycles. The predicted octanol–water partition coefficient (Wildman–Crippen LogP) is 2.41. The summed E-state index contributed by atoms with van der Waals surface area (Å²) in [5, 5.41) is 3.49. The highest BCUT2D eigenvalue weighted by molar-refractivity contribution is 5.76. The van der Waals surface area contributed by atoms with Crippen LogP contribution >= 0.6 is 0 Å². The summed E-state index contributed by atoms with van der Waals surface area (Å²) in [6, 6.07) is 0.542. The molecule has 3 heteroatoms. The number of amides is 1. The first-order valence-electron chi connectivity index (χ1n) is 7.48. The van der Waals surface area contributed by atoms with Crippen molar-refractivity contribution in [3.05, 3.63) is 0 Å². The third kappa shape index (κ3) is 3.47. The van der Waals surface area contributed by atoms with Gasteiger partial charge in [-0.15, -0.1) is 0 Å². The molecular weight excluding hydrogens is 224 g/mol. The number of hydrogen-bond donors (Lipinski definition) is 1. The summed E-state index contributed by atoms with van der Waals surface area (Å²) in [6.45, 7) is 9.91. The zero-order chi connectivity index (χ0) is 13.2. The van der Waals surface area contributed by atoms with E-state index in [9.17, 15) is 4.79 Å². The van der Waals surface area contributed by atoms with Gasteiger partial charge in [-0.05, 0) is 43.6 Å². The number of likely N-dealkylation sites (tertiary alicyclic amines) is 1. The van der Waals surface area contributed by atoms with Crippen LogP contribution in [0.25, 0.3) is 0 Å². The molecule has 2 heterocycles. The summed E-state index contributed by atoms with van der Waals surface area (Å²) in [6.07, 6.45) is 5.47. The average molecular weight is 252 g/mol. The van der Waals surface area contributed by atoms with Crippen molar-refractivity contribution in [3.8, 4) is 0 Å². The molecule has 2 atom stereocenters. The van der Waals surface area contributed by atoms with Gasteiger partial charge in [0.2, 0.25) is 5.91 Å². The lowest BCUT2D eigenvalue weighted by atomic mass is 9.77. The molecule has 0 radical (unpaired) electrons. The maximum absolute atomic E-state index is 12.2. The van der Waals surface area contributed by atoms with Gasteiger partial charge in [0.15, 0.2) is 0 Å². The minimum Gasteiger partial charge on any atom is -0.341 e. The first-order valence-corrected chi connectivity index (χ1v) is 7.48. The molecule has 0 aromatic rings. The molecule has 3 nitrogen and oxygen atoms in total. The number of nitrogens with one attached hydrogen (secondary N) is 1. The Labute approximate surface area is 111 Å². The van der Waals surface area contributed by atoms with E-state index in [1.807, 2.05) is 0 Å². The van der Waals surface area contributed by atoms with Crippen LogP contribution in [0.1, 0.15) is 52.9 Å². The molecule has 1 N–H and O–H groups in total. The monoisotopic (exact) mass is 252 g/mol. The van der Waals surface area contributed by atoms with Gasteiger partial charge >= 0.3 is 0 Å². The quantitative estimate of drug-likeness (QED) is 0.818. The molecule has 0 bridgehead atoms. The van der Waals surface area contributed by atoms with Crippen LogP contribution in [0.2, 0.25) is 0 Å². The minimum absolute atomic E-state index is 0.335. The third-order valence-electron chi connectivity index (χ3n) is 4.63. The largest absolute Gasteiger partial charge is 0.341 e. The summed E-state index contributed by atoms with van der Waals surface area (Å²) in [5.74, 6) is 1.05. The maximum atomic E-state index is 12.2. The van der Waals surface area contributed by atoms with E-state index < -0.39 is 0 Å². The van der Waals surface area contributed by atoms with E-state index in [4.69, 9.17) is 0 Å². The summed E-state index contributed by atoms with van der Waals surface area (Å²) in [4.78, 5) is 14.3. The third-order valence-corrected chi connectivity index (χ3v) is 4.63. The highest BCUT2D eigenvalue weighted by atomic mass is 16.2. The van der Waals surface area contributed by atoms with Crippen LogP contribution in [0.15, 0.2) is 0 Å². The van der Waals surface area contributed by atoms with Gasteiger partial charge in [0.25, 0.3) is 0 Å². The molecule has 104 valence electrons. The van der Waals surface area contributed by atoms with E-state index in [2.05, 4.69) is 31.0 Å². The standard InChI is InChI=1S/C15H28N2O/c1-15(2,3)12-6-7-14(18)17(10-8-12)11-13-5-4-9-16-13/h12-13,16H,4-11H2,1-3H3/t12?,13-/m1/s1. The van der Waals surface area contributed by atoms with Gasteiger partial charge in [0, 0.05) is 25.6 Å². The van der Waals surface area contributed by atoms with Crippen LogP contribution in [-0.2, 0) is 4.79 Å². The molecular formula is C15H28N2O. The second-order valence-corrected chi connectivity index (χ2v) is 7.02. The van der Waals surface area contributed by atoms with Crippen LogP contribution in [0.4, 0.5) is 0 Å². The van der Waals surface area contributed by atoms with Crippen molar-refractivity contribution in [1.29, 1.82) is 0 Å². The highest BCUT2D eigenvalue weighted by Gasteiger charge is 2.31. The van der Waals surface area contributed by atoms with Crippen molar-refractivity contribution >= 4 is 5.91 Å². The Morgan fingerprint density at radius 3 is 2.67 bits per heavy atom. The lowest BCUT2D eigenvalue weighted by Crippen LogP contribution is -2.40. The van der Waals surface area contributed by atoms with Crippen LogP contribution in [0.3, 0.4) is 0 Å². The molecule has 2 rings (SSSR count). The minimum atomic E-state index is 0.335. The average Bonchev–Trinajstić information content (AvgIpc) is 2.70. The molecule has 1 unspecified atom stereocenters. The lowest BCUT2D eigenvalue weighted by Gasteiger charge is -2.30. The second kappa shape index (κ2) is 5.60. The number of nitrogens with zero attached hydrogens (tertiary/aromatic N) is 1. The Morgan fingerprint density at radius 2 is 2.06 bits per heavy atom. The molecule has 0 aliphatic carbocycles. The van der Waals surface area contributed by atoms with E-state index >= 15 is 0 Å². The maximum Gasteiger partial charge on any atom is 0.222 e. The first-order chi connectivity index (χ1) is 8.47. The van der Waals surface area contributed by atoms with Crippen molar-refractivity contribution in [1.82, 2.24) is 10.2 Å². The second-order valence-electron chi connectivity index (χ2n) is 7.02. The molecule has 1 amide bonds. The Hall–Kier alpha value is -0.570. The van der Waals surface area contributed by atoms with Crippen molar-refractivity contribution in [2.24, 2.45) is 11.3 Å². The Balaban J connectivity index is 1.90. The molecule has 18 heavy (non-hydrogen) atoms. The van der Waals surface area contributed by atoms with Gasteiger partial charge in [-0.3, -0.25) is 4.79 Å². The van der Waals surface area contributed by atoms with Gasteiger partial charge in [-0.2, -0.15) is 0 Å². The van der Waals surface area contributed by atoms with Gasteiger partial charge in [0.05, 0.1) is 0 Å². The Bertz CT molecular complexity index is 289. The number of rotatable bonds is 2. The predicted molar refractivity (Wildman–Crippen MR) is 74.4 cm³/mol.